The molecule has 0 unspecified atom stereocenters. The van der Waals surface area contributed by atoms with E-state index in [9.17, 15) is 26.7 Å². The Balaban J connectivity index is 1.39. The van der Waals surface area contributed by atoms with Crippen molar-refractivity contribution in [3.05, 3.63) is 76.3 Å². The fourth-order valence-electron chi connectivity index (χ4n) is 3.50. The minimum absolute atomic E-state index is 0.00244. The van der Waals surface area contributed by atoms with E-state index in [2.05, 4.69) is 5.32 Å². The summed E-state index contributed by atoms with van der Waals surface area (Å²) in [5, 5.41) is 3.04. The first-order valence-electron chi connectivity index (χ1n) is 9.89. The molecule has 0 atom stereocenters. The SMILES string of the molecule is O=C(NC(=S)N1CCN(c2c(F)c(F)c(F)c(F)c2F)CC1)c1ccc(-c2cccc(Cl)c2)o1. The molecule has 12 heteroatoms. The molecular weight excluding hydrogens is 501 g/mol. The number of amides is 1. The van der Waals surface area contributed by atoms with Gasteiger partial charge in [-0.1, -0.05) is 23.7 Å². The minimum Gasteiger partial charge on any atom is -0.451 e. The number of carbonyl (C=O) groups excluding carboxylic acids is 1. The largest absolute Gasteiger partial charge is 0.451 e. The number of thiocarbonyl (C=S) groups is 1. The summed E-state index contributed by atoms with van der Waals surface area (Å²) in [6, 6.07) is 9.95. The standard InChI is InChI=1S/C22H15ClF5N3O2S/c23-12-3-1-2-11(10-12)13-4-5-14(33-13)21(32)29-22(34)31-8-6-30(7-9-31)20-18(27)16(25)15(24)17(26)19(20)28/h1-5,10H,6-9H2,(H,29,32,34). The van der Waals surface area contributed by atoms with Crippen LogP contribution in [0.5, 0.6) is 0 Å². The molecule has 5 nitrogen and oxygen atoms in total. The molecule has 1 aliphatic heterocycles. The molecule has 1 amide bonds. The van der Waals surface area contributed by atoms with Crippen LogP contribution < -0.4 is 10.2 Å². The highest BCUT2D eigenvalue weighted by Gasteiger charge is 2.31. The quantitative estimate of drug-likeness (QED) is 0.227. The van der Waals surface area contributed by atoms with Crippen molar-refractivity contribution in [1.29, 1.82) is 0 Å². The van der Waals surface area contributed by atoms with Gasteiger partial charge >= 0.3 is 0 Å². The molecule has 0 saturated carbocycles. The predicted octanol–water partition coefficient (Wildman–Crippen LogP) is 5.13. The van der Waals surface area contributed by atoms with Crippen LogP contribution in [0.3, 0.4) is 0 Å². The Morgan fingerprint density at radius 1 is 0.912 bits per heavy atom. The lowest BCUT2D eigenvalue weighted by Crippen LogP contribution is -2.53. The molecule has 0 spiro atoms. The van der Waals surface area contributed by atoms with Crippen LogP contribution >= 0.6 is 23.8 Å². The third-order valence-corrected chi connectivity index (χ3v) is 5.82. The van der Waals surface area contributed by atoms with Crippen LogP contribution in [0.25, 0.3) is 11.3 Å². The van der Waals surface area contributed by atoms with Gasteiger partial charge in [0.05, 0.1) is 0 Å². The number of furan rings is 1. The summed E-state index contributed by atoms with van der Waals surface area (Å²) in [4.78, 5) is 15.1. The summed E-state index contributed by atoms with van der Waals surface area (Å²) in [5.41, 5.74) is -0.312. The van der Waals surface area contributed by atoms with E-state index >= 15 is 0 Å². The van der Waals surface area contributed by atoms with E-state index in [1.807, 2.05) is 0 Å². The van der Waals surface area contributed by atoms with Gasteiger partial charge in [0.1, 0.15) is 11.4 Å². The fraction of sp³-hybridized carbons (Fsp3) is 0.182. The van der Waals surface area contributed by atoms with Gasteiger partial charge in [-0.15, -0.1) is 0 Å². The number of hydrogen-bond acceptors (Lipinski definition) is 4. The summed E-state index contributed by atoms with van der Waals surface area (Å²) in [6.45, 7) is -0.0306. The second kappa shape index (κ2) is 9.59. The zero-order chi connectivity index (χ0) is 24.6. The number of benzene rings is 2. The number of nitrogens with zero attached hydrogens (tertiary/aromatic N) is 2. The van der Waals surface area contributed by atoms with E-state index in [0.717, 1.165) is 4.90 Å². The van der Waals surface area contributed by atoms with Gasteiger partial charge in [0.2, 0.25) is 5.82 Å². The lowest BCUT2D eigenvalue weighted by Gasteiger charge is -2.37. The van der Waals surface area contributed by atoms with Crippen LogP contribution in [-0.4, -0.2) is 42.1 Å². The molecule has 2 aromatic carbocycles. The van der Waals surface area contributed by atoms with E-state index in [-0.39, 0.29) is 37.1 Å². The van der Waals surface area contributed by atoms with E-state index < -0.39 is 40.7 Å². The highest BCUT2D eigenvalue weighted by atomic mass is 35.5. The highest BCUT2D eigenvalue weighted by molar-refractivity contribution is 7.80. The monoisotopic (exact) mass is 515 g/mol. The molecule has 0 bridgehead atoms. The van der Waals surface area contributed by atoms with Crippen molar-refractivity contribution in [3.8, 4) is 11.3 Å². The Kier molecular flexibility index (Phi) is 6.76. The summed E-state index contributed by atoms with van der Waals surface area (Å²) in [6.07, 6.45) is 0. The van der Waals surface area contributed by atoms with Crippen LogP contribution in [-0.2, 0) is 0 Å². The molecule has 1 aliphatic rings. The Bertz CT molecular complexity index is 1250. The highest BCUT2D eigenvalue weighted by Crippen LogP contribution is 2.31. The molecule has 2 heterocycles. The van der Waals surface area contributed by atoms with Crippen molar-refractivity contribution in [3.63, 3.8) is 0 Å². The summed E-state index contributed by atoms with van der Waals surface area (Å²) < 4.78 is 74.0. The number of anilines is 1. The van der Waals surface area contributed by atoms with E-state index in [1.165, 1.54) is 11.0 Å². The second-order valence-electron chi connectivity index (χ2n) is 7.33. The Hall–Kier alpha value is -3.18. The smallest absolute Gasteiger partial charge is 0.293 e. The Morgan fingerprint density at radius 3 is 2.15 bits per heavy atom. The first-order chi connectivity index (χ1) is 16.2. The van der Waals surface area contributed by atoms with Crippen molar-refractivity contribution in [2.45, 2.75) is 0 Å². The summed E-state index contributed by atoms with van der Waals surface area (Å²) in [5.74, 6) is -10.2. The van der Waals surface area contributed by atoms with Crippen molar-refractivity contribution >= 4 is 40.5 Å². The lowest BCUT2D eigenvalue weighted by molar-refractivity contribution is 0.0946. The van der Waals surface area contributed by atoms with Gasteiger partial charge in [-0.3, -0.25) is 10.1 Å². The van der Waals surface area contributed by atoms with Gasteiger partial charge in [0.25, 0.3) is 5.91 Å². The van der Waals surface area contributed by atoms with Gasteiger partial charge in [-0.2, -0.15) is 0 Å². The number of nitrogens with one attached hydrogen (secondary N) is 1. The van der Waals surface area contributed by atoms with Gasteiger partial charge in [-0.05, 0) is 36.5 Å². The van der Waals surface area contributed by atoms with Crippen molar-refractivity contribution < 1.29 is 31.2 Å². The number of carbonyl (C=O) groups is 1. The van der Waals surface area contributed by atoms with Gasteiger partial charge in [0, 0.05) is 36.8 Å². The van der Waals surface area contributed by atoms with E-state index in [0.29, 0.717) is 16.3 Å². The van der Waals surface area contributed by atoms with Crippen molar-refractivity contribution in [2.24, 2.45) is 0 Å². The normalized spacial score (nSPS) is 13.8. The Morgan fingerprint density at radius 2 is 1.53 bits per heavy atom. The molecule has 34 heavy (non-hydrogen) atoms. The van der Waals surface area contributed by atoms with Crippen molar-refractivity contribution in [1.82, 2.24) is 10.2 Å². The molecule has 0 radical (unpaired) electrons. The minimum atomic E-state index is -2.21. The average molecular weight is 516 g/mol. The number of hydrogen-bond donors (Lipinski definition) is 1. The Labute approximate surface area is 200 Å². The second-order valence-corrected chi connectivity index (χ2v) is 8.15. The number of halogens is 6. The summed E-state index contributed by atoms with van der Waals surface area (Å²) in [7, 11) is 0. The van der Waals surface area contributed by atoms with Gasteiger partial charge in [0.15, 0.2) is 34.1 Å². The van der Waals surface area contributed by atoms with Crippen LogP contribution in [0, 0.1) is 29.1 Å². The number of piperazine rings is 1. The number of rotatable bonds is 3. The van der Waals surface area contributed by atoms with Crippen molar-refractivity contribution in [2.75, 3.05) is 31.1 Å². The van der Waals surface area contributed by atoms with E-state index in [1.54, 1.807) is 30.3 Å². The van der Waals surface area contributed by atoms with Crippen LogP contribution in [0.4, 0.5) is 27.6 Å². The van der Waals surface area contributed by atoms with Crippen LogP contribution in [0.2, 0.25) is 5.02 Å². The third-order valence-electron chi connectivity index (χ3n) is 5.23. The van der Waals surface area contributed by atoms with Crippen LogP contribution in [0.1, 0.15) is 10.6 Å². The molecule has 3 aromatic rings. The molecule has 178 valence electrons. The zero-order valence-electron chi connectivity index (χ0n) is 17.2. The van der Waals surface area contributed by atoms with Gasteiger partial charge in [-0.25, -0.2) is 22.0 Å². The fourth-order valence-corrected chi connectivity index (χ4v) is 3.96. The maximum Gasteiger partial charge on any atom is 0.293 e. The molecule has 0 aliphatic carbocycles. The topological polar surface area (TPSA) is 48.7 Å². The molecule has 4 rings (SSSR count). The molecule has 1 fully saturated rings. The predicted molar refractivity (Wildman–Crippen MR) is 119 cm³/mol. The zero-order valence-corrected chi connectivity index (χ0v) is 18.8. The summed E-state index contributed by atoms with van der Waals surface area (Å²) >= 11 is 11.2. The first kappa shape index (κ1) is 24.0. The average Bonchev–Trinajstić information content (AvgIpc) is 3.33. The first-order valence-corrected chi connectivity index (χ1v) is 10.7. The maximum atomic E-state index is 14.1. The maximum absolute atomic E-state index is 14.1. The third kappa shape index (κ3) is 4.58. The molecule has 1 aromatic heterocycles. The van der Waals surface area contributed by atoms with Crippen LogP contribution in [0.15, 0.2) is 40.8 Å². The molecule has 1 N–H and O–H groups in total. The van der Waals surface area contributed by atoms with Gasteiger partial charge < -0.3 is 14.2 Å². The molecular formula is C22H15ClF5N3O2S. The lowest BCUT2D eigenvalue weighted by atomic mass is 10.2. The molecule has 1 saturated heterocycles. The van der Waals surface area contributed by atoms with E-state index in [4.69, 9.17) is 28.2 Å².